The van der Waals surface area contributed by atoms with Gasteiger partial charge in [0.25, 0.3) is 0 Å². The molecular formula is C26H38N4O4S. The Morgan fingerprint density at radius 2 is 2.03 bits per heavy atom. The first-order valence-electron chi connectivity index (χ1n) is 12.0. The average Bonchev–Trinajstić information content (AvgIpc) is 3.39. The number of aliphatic hydroxyl groups is 1. The topological polar surface area (TPSA) is 104 Å². The average molecular weight is 503 g/mol. The number of β-amino-alcohol motifs (C(OH)–C–C–N with tert-alkyl or cyclic N) is 1. The number of nitrogens with zero attached hydrogens (tertiary/aromatic N) is 2. The van der Waals surface area contributed by atoms with Crippen molar-refractivity contribution in [1.82, 2.24) is 20.5 Å². The fourth-order valence-corrected chi connectivity index (χ4v) is 5.21. The fourth-order valence-electron chi connectivity index (χ4n) is 4.41. The van der Waals surface area contributed by atoms with Crippen LogP contribution in [0.4, 0.5) is 0 Å². The molecule has 1 fully saturated rings. The maximum Gasteiger partial charge on any atom is 0.243 e. The van der Waals surface area contributed by atoms with E-state index in [9.17, 15) is 14.7 Å². The first-order valence-corrected chi connectivity index (χ1v) is 12.9. The third kappa shape index (κ3) is 6.39. The van der Waals surface area contributed by atoms with E-state index in [0.717, 1.165) is 21.7 Å². The second-order valence-electron chi connectivity index (χ2n) is 10.5. The molecule has 192 valence electrons. The molecule has 3 N–H and O–H groups in total. The van der Waals surface area contributed by atoms with Gasteiger partial charge < -0.3 is 25.4 Å². The molecule has 0 aliphatic carbocycles. The summed E-state index contributed by atoms with van der Waals surface area (Å²) in [5, 5.41) is 16.6. The fraction of sp³-hybridized carbons (Fsp3) is 0.577. The maximum absolute atomic E-state index is 13.5. The zero-order valence-electron chi connectivity index (χ0n) is 21.7. The van der Waals surface area contributed by atoms with Crippen molar-refractivity contribution >= 4 is 23.2 Å². The lowest BCUT2D eigenvalue weighted by molar-refractivity contribution is -0.142. The summed E-state index contributed by atoms with van der Waals surface area (Å²) < 4.78 is 5.58. The van der Waals surface area contributed by atoms with Crippen LogP contribution >= 0.6 is 11.3 Å². The first kappa shape index (κ1) is 27.1. The normalized spacial score (nSPS) is 19.2. The molecule has 3 atom stereocenters. The number of rotatable bonds is 8. The summed E-state index contributed by atoms with van der Waals surface area (Å²) in [6.07, 6.45) is -0.512. The van der Waals surface area contributed by atoms with Crippen molar-refractivity contribution < 1.29 is 19.4 Å². The molecule has 1 aromatic carbocycles. The molecule has 0 spiro atoms. The highest BCUT2D eigenvalue weighted by molar-refractivity contribution is 7.13. The molecule has 0 saturated carbocycles. The Kier molecular flexibility index (Phi) is 8.56. The van der Waals surface area contributed by atoms with E-state index in [4.69, 9.17) is 4.74 Å². The number of aliphatic hydroxyl groups excluding tert-OH is 1. The van der Waals surface area contributed by atoms with Gasteiger partial charge in [0.05, 0.1) is 35.3 Å². The zero-order valence-corrected chi connectivity index (χ0v) is 22.5. The molecule has 1 aliphatic heterocycles. The van der Waals surface area contributed by atoms with Crippen molar-refractivity contribution in [2.75, 3.05) is 13.7 Å². The van der Waals surface area contributed by atoms with Crippen LogP contribution in [0, 0.1) is 12.3 Å². The second kappa shape index (κ2) is 11.1. The van der Waals surface area contributed by atoms with Gasteiger partial charge in [0, 0.05) is 31.1 Å². The van der Waals surface area contributed by atoms with E-state index in [1.165, 1.54) is 4.90 Å². The minimum absolute atomic E-state index is 0.104. The van der Waals surface area contributed by atoms with Crippen molar-refractivity contribution in [3.05, 3.63) is 35.0 Å². The number of nitrogens with one attached hydrogen (secondary N) is 2. The molecule has 2 aromatic rings. The largest absolute Gasteiger partial charge is 0.496 e. The second-order valence-corrected chi connectivity index (χ2v) is 11.4. The smallest absolute Gasteiger partial charge is 0.243 e. The van der Waals surface area contributed by atoms with Crippen LogP contribution in [0.3, 0.4) is 0 Å². The molecule has 1 saturated heterocycles. The quantitative estimate of drug-likeness (QED) is 0.513. The molecule has 3 rings (SSSR count). The predicted molar refractivity (Wildman–Crippen MR) is 138 cm³/mol. The number of amides is 2. The molecule has 35 heavy (non-hydrogen) atoms. The third-order valence-corrected chi connectivity index (χ3v) is 7.20. The van der Waals surface area contributed by atoms with Gasteiger partial charge >= 0.3 is 0 Å². The summed E-state index contributed by atoms with van der Waals surface area (Å²) in [5.41, 5.74) is 4.27. The summed E-state index contributed by atoms with van der Waals surface area (Å²) in [6, 6.07) is 4.79. The lowest BCUT2D eigenvalue weighted by Crippen LogP contribution is -2.57. The Labute approximate surface area is 212 Å². The lowest BCUT2D eigenvalue weighted by atomic mass is 9.85. The van der Waals surface area contributed by atoms with Gasteiger partial charge in [0.15, 0.2) is 0 Å². The van der Waals surface area contributed by atoms with E-state index >= 15 is 0 Å². The van der Waals surface area contributed by atoms with Gasteiger partial charge in [-0.05, 0) is 24.0 Å². The molecule has 9 heteroatoms. The number of benzene rings is 1. The van der Waals surface area contributed by atoms with Crippen molar-refractivity contribution in [2.24, 2.45) is 5.41 Å². The molecule has 8 nitrogen and oxygen atoms in total. The molecule has 2 amide bonds. The Morgan fingerprint density at radius 1 is 1.31 bits per heavy atom. The number of hydrogen-bond acceptors (Lipinski definition) is 7. The number of ether oxygens (including phenoxy) is 1. The zero-order chi connectivity index (χ0) is 25.9. The highest BCUT2D eigenvalue weighted by Crippen LogP contribution is 2.32. The van der Waals surface area contributed by atoms with E-state index in [-0.39, 0.29) is 42.8 Å². The third-order valence-electron chi connectivity index (χ3n) is 6.23. The standard InChI is InChI=1S/C26H38N4O4S/c1-15(2)29-23(26(4,5)6)25(33)30-13-19(31)11-20(30)24(32)27-12-18-9-8-17(10-21(18)34-7)22-16(3)28-14-35-22/h8-10,14-15,19-20,23,29,31H,11-13H2,1-7H3,(H,27,32)/t19-,20+,23-/m1/s1. The predicted octanol–water partition coefficient (Wildman–Crippen LogP) is 3.12. The van der Waals surface area contributed by atoms with Crippen LogP contribution in [0.5, 0.6) is 5.75 Å². The Balaban J connectivity index is 1.74. The highest BCUT2D eigenvalue weighted by atomic mass is 32.1. The van der Waals surface area contributed by atoms with Gasteiger partial charge in [-0.25, -0.2) is 4.98 Å². The molecular weight excluding hydrogens is 464 g/mol. The Morgan fingerprint density at radius 3 is 2.60 bits per heavy atom. The van der Waals surface area contributed by atoms with E-state index in [1.54, 1.807) is 18.4 Å². The van der Waals surface area contributed by atoms with Crippen molar-refractivity contribution in [2.45, 2.75) is 78.7 Å². The molecule has 2 heterocycles. The van der Waals surface area contributed by atoms with Gasteiger partial charge in [-0.2, -0.15) is 0 Å². The first-order chi connectivity index (χ1) is 16.4. The van der Waals surface area contributed by atoms with Gasteiger partial charge in [0.1, 0.15) is 11.8 Å². The van der Waals surface area contributed by atoms with E-state index in [0.29, 0.717) is 5.75 Å². The van der Waals surface area contributed by atoms with Crippen LogP contribution in [0.25, 0.3) is 10.4 Å². The number of aromatic nitrogens is 1. The maximum atomic E-state index is 13.5. The van der Waals surface area contributed by atoms with Crippen LogP contribution in [0.15, 0.2) is 23.7 Å². The number of hydrogen-bond donors (Lipinski definition) is 3. The van der Waals surface area contributed by atoms with Crippen molar-refractivity contribution in [3.8, 4) is 16.2 Å². The lowest BCUT2D eigenvalue weighted by Gasteiger charge is -2.36. The van der Waals surface area contributed by atoms with E-state index in [1.807, 2.05) is 65.3 Å². The van der Waals surface area contributed by atoms with E-state index in [2.05, 4.69) is 15.6 Å². The van der Waals surface area contributed by atoms with Gasteiger partial charge in [-0.15, -0.1) is 11.3 Å². The van der Waals surface area contributed by atoms with Crippen molar-refractivity contribution in [1.29, 1.82) is 0 Å². The van der Waals surface area contributed by atoms with Crippen LogP contribution < -0.4 is 15.4 Å². The van der Waals surface area contributed by atoms with Gasteiger partial charge in [-0.1, -0.05) is 46.8 Å². The summed E-state index contributed by atoms with van der Waals surface area (Å²) in [6.45, 7) is 12.3. The molecule has 0 unspecified atom stereocenters. The molecule has 1 aromatic heterocycles. The van der Waals surface area contributed by atoms with Gasteiger partial charge in [-0.3, -0.25) is 9.59 Å². The summed E-state index contributed by atoms with van der Waals surface area (Å²) in [4.78, 5) is 33.6. The minimum atomic E-state index is -0.731. The number of likely N-dealkylation sites (tertiary alicyclic amines) is 1. The summed E-state index contributed by atoms with van der Waals surface area (Å²) in [5.74, 6) is 0.227. The molecule has 1 aliphatic rings. The Hall–Kier alpha value is -2.49. The SMILES string of the molecule is COc1cc(-c2scnc2C)ccc1CNC(=O)[C@@H]1C[C@@H](O)CN1C(=O)[C@@H](NC(C)C)C(C)(C)C. The van der Waals surface area contributed by atoms with Crippen LogP contribution in [-0.4, -0.2) is 64.7 Å². The minimum Gasteiger partial charge on any atom is -0.496 e. The van der Waals surface area contributed by atoms with Crippen LogP contribution in [0.1, 0.15) is 52.3 Å². The highest BCUT2D eigenvalue weighted by Gasteiger charge is 2.44. The number of thiazole rings is 1. The van der Waals surface area contributed by atoms with E-state index < -0.39 is 18.2 Å². The Bertz CT molecular complexity index is 1050. The number of aryl methyl sites for hydroxylation is 1. The number of carbonyl (C=O) groups excluding carboxylic acids is 2. The monoisotopic (exact) mass is 502 g/mol. The summed E-state index contributed by atoms with van der Waals surface area (Å²) >= 11 is 1.57. The number of methoxy groups -OCH3 is 1. The molecule has 0 radical (unpaired) electrons. The summed E-state index contributed by atoms with van der Waals surface area (Å²) in [7, 11) is 1.60. The molecule has 0 bridgehead atoms. The van der Waals surface area contributed by atoms with Crippen LogP contribution in [0.2, 0.25) is 0 Å². The number of carbonyl (C=O) groups is 2. The van der Waals surface area contributed by atoms with Gasteiger partial charge in [0.2, 0.25) is 11.8 Å². The van der Waals surface area contributed by atoms with Crippen molar-refractivity contribution in [3.63, 3.8) is 0 Å². The van der Waals surface area contributed by atoms with Crippen LogP contribution in [-0.2, 0) is 16.1 Å².